The average Bonchev–Trinajstić information content (AvgIpc) is 2.18. The molecule has 88 valence electrons. The Kier molecular flexibility index (Phi) is 4.17. The Labute approximate surface area is 104 Å². The lowest BCUT2D eigenvalue weighted by Crippen LogP contribution is -2.19. The molecule has 0 aliphatic rings. The number of ether oxygens (including phenoxy) is 1. The fraction of sp³-hybridized carbons (Fsp3) is 0.300. The van der Waals surface area contributed by atoms with Crippen LogP contribution in [-0.4, -0.2) is 12.1 Å². The molecule has 16 heavy (non-hydrogen) atoms. The summed E-state index contributed by atoms with van der Waals surface area (Å²) in [7, 11) is 0. The number of Topliss-reactive ketones (excluding diaryl/α,β-unsaturated/α-hetero) is 1. The van der Waals surface area contributed by atoms with Gasteiger partial charge in [0.2, 0.25) is 0 Å². The number of para-hydroxylation sites is 1. The fourth-order valence-electron chi connectivity index (χ4n) is 1.14. The molecule has 0 aliphatic heterocycles. The first-order chi connectivity index (χ1) is 7.35. The van der Waals surface area contributed by atoms with Crippen molar-refractivity contribution in [3.63, 3.8) is 0 Å². The van der Waals surface area contributed by atoms with Crippen LogP contribution in [0.2, 0.25) is 0 Å². The summed E-state index contributed by atoms with van der Waals surface area (Å²) in [6.07, 6.45) is -4.65. The van der Waals surface area contributed by atoms with Gasteiger partial charge in [0.15, 0.2) is 11.5 Å². The Balaban J connectivity index is 3.19. The van der Waals surface area contributed by atoms with Crippen LogP contribution in [0.15, 0.2) is 18.2 Å². The molecule has 1 aromatic rings. The first-order valence-electron chi connectivity index (χ1n) is 4.42. The van der Waals surface area contributed by atoms with Crippen LogP contribution < -0.4 is 4.74 Å². The molecule has 0 atom stereocenters. The number of alkyl halides is 3. The highest BCUT2D eigenvalue weighted by Gasteiger charge is 2.33. The number of carbonyl (C=O) groups is 1. The van der Waals surface area contributed by atoms with E-state index < -0.39 is 12.1 Å². The van der Waals surface area contributed by atoms with Crippen LogP contribution in [0.25, 0.3) is 0 Å². The summed E-state index contributed by atoms with van der Waals surface area (Å²) in [6, 6.07) is 4.30. The number of ketones is 1. The summed E-state index contributed by atoms with van der Waals surface area (Å²) >= 11 is 1.70. The van der Waals surface area contributed by atoms with Crippen molar-refractivity contribution in [3.05, 3.63) is 27.3 Å². The molecule has 0 saturated heterocycles. The fourth-order valence-corrected chi connectivity index (χ4v) is 1.75. The van der Waals surface area contributed by atoms with Crippen LogP contribution in [0.4, 0.5) is 13.2 Å². The third kappa shape index (κ3) is 3.36. The van der Waals surface area contributed by atoms with Gasteiger partial charge in [0.05, 0.1) is 9.13 Å². The normalized spacial score (nSPS) is 11.3. The first-order valence-corrected chi connectivity index (χ1v) is 5.50. The van der Waals surface area contributed by atoms with Crippen molar-refractivity contribution < 1.29 is 22.7 Å². The molecule has 1 aromatic carbocycles. The van der Waals surface area contributed by atoms with Gasteiger partial charge < -0.3 is 4.74 Å². The predicted octanol–water partition coefficient (Wildman–Crippen LogP) is 3.78. The second-order valence-corrected chi connectivity index (χ2v) is 4.10. The van der Waals surface area contributed by atoms with Crippen LogP contribution in [0.5, 0.6) is 5.75 Å². The number of rotatable bonds is 3. The summed E-state index contributed by atoms with van der Waals surface area (Å²) < 4.78 is 40.5. The van der Waals surface area contributed by atoms with Crippen LogP contribution in [0, 0.1) is 3.57 Å². The van der Waals surface area contributed by atoms with Gasteiger partial charge in [-0.15, -0.1) is 13.2 Å². The monoisotopic (exact) mass is 344 g/mol. The quantitative estimate of drug-likeness (QED) is 0.616. The Morgan fingerprint density at radius 3 is 2.56 bits per heavy atom. The molecular weight excluding hydrogens is 336 g/mol. The first kappa shape index (κ1) is 13.3. The van der Waals surface area contributed by atoms with E-state index in [1.54, 1.807) is 29.5 Å². The third-order valence-corrected chi connectivity index (χ3v) is 2.66. The zero-order valence-electron chi connectivity index (χ0n) is 8.27. The standard InChI is InChI=1S/C10H8F3IO2/c1-2-8(15)6-4-3-5-7(14)9(6)16-10(11,12)13/h3-5H,2H2,1H3. The largest absolute Gasteiger partial charge is 0.573 e. The molecule has 0 aliphatic carbocycles. The molecular formula is C10H8F3IO2. The van der Waals surface area contributed by atoms with E-state index in [2.05, 4.69) is 4.74 Å². The van der Waals surface area contributed by atoms with Gasteiger partial charge in [-0.05, 0) is 34.7 Å². The van der Waals surface area contributed by atoms with Crippen molar-refractivity contribution in [2.24, 2.45) is 0 Å². The Morgan fingerprint density at radius 1 is 1.44 bits per heavy atom. The second kappa shape index (κ2) is 5.03. The van der Waals surface area contributed by atoms with Crippen molar-refractivity contribution >= 4 is 28.4 Å². The van der Waals surface area contributed by atoms with Gasteiger partial charge in [-0.3, -0.25) is 4.79 Å². The molecule has 0 aromatic heterocycles. The minimum Gasteiger partial charge on any atom is -0.404 e. The van der Waals surface area contributed by atoms with Crippen molar-refractivity contribution in [3.8, 4) is 5.75 Å². The minimum absolute atomic E-state index is 0.0354. The molecule has 2 nitrogen and oxygen atoms in total. The number of hydrogen-bond acceptors (Lipinski definition) is 2. The van der Waals surface area contributed by atoms with Gasteiger partial charge in [0.1, 0.15) is 0 Å². The van der Waals surface area contributed by atoms with E-state index in [9.17, 15) is 18.0 Å². The summed E-state index contributed by atoms with van der Waals surface area (Å²) in [5.41, 5.74) is -0.0354. The van der Waals surface area contributed by atoms with Crippen molar-refractivity contribution in [1.29, 1.82) is 0 Å². The summed E-state index contributed by atoms with van der Waals surface area (Å²) in [5.74, 6) is -0.791. The molecule has 0 heterocycles. The van der Waals surface area contributed by atoms with Gasteiger partial charge in [-0.2, -0.15) is 0 Å². The number of benzene rings is 1. The Hall–Kier alpha value is -0.790. The molecule has 0 radical (unpaired) electrons. The maximum absolute atomic E-state index is 12.1. The molecule has 0 N–H and O–H groups in total. The van der Waals surface area contributed by atoms with Crippen LogP contribution in [-0.2, 0) is 0 Å². The molecule has 0 amide bonds. The highest BCUT2D eigenvalue weighted by Crippen LogP contribution is 2.31. The highest BCUT2D eigenvalue weighted by atomic mass is 127. The van der Waals surface area contributed by atoms with E-state index in [0.717, 1.165) is 0 Å². The van der Waals surface area contributed by atoms with E-state index >= 15 is 0 Å². The van der Waals surface area contributed by atoms with E-state index in [4.69, 9.17) is 0 Å². The zero-order valence-corrected chi connectivity index (χ0v) is 10.4. The zero-order chi connectivity index (χ0) is 12.3. The average molecular weight is 344 g/mol. The minimum atomic E-state index is -4.79. The van der Waals surface area contributed by atoms with Crippen LogP contribution in [0.3, 0.4) is 0 Å². The molecule has 1 rings (SSSR count). The van der Waals surface area contributed by atoms with Gasteiger partial charge >= 0.3 is 6.36 Å². The van der Waals surface area contributed by atoms with Crippen molar-refractivity contribution in [2.75, 3.05) is 0 Å². The highest BCUT2D eigenvalue weighted by molar-refractivity contribution is 14.1. The SMILES string of the molecule is CCC(=O)c1cccc(I)c1OC(F)(F)F. The van der Waals surface area contributed by atoms with Gasteiger partial charge in [-0.1, -0.05) is 13.0 Å². The Bertz CT molecular complexity index is 402. The molecule has 0 saturated carbocycles. The molecule has 6 heteroatoms. The number of carbonyl (C=O) groups excluding carboxylic acids is 1. The van der Waals surface area contributed by atoms with E-state index in [0.29, 0.717) is 0 Å². The van der Waals surface area contributed by atoms with Gasteiger partial charge in [0.25, 0.3) is 0 Å². The van der Waals surface area contributed by atoms with Crippen molar-refractivity contribution in [2.45, 2.75) is 19.7 Å². The predicted molar refractivity (Wildman–Crippen MR) is 60.5 cm³/mol. The Morgan fingerprint density at radius 2 is 2.06 bits per heavy atom. The maximum Gasteiger partial charge on any atom is 0.573 e. The molecule has 0 spiro atoms. The smallest absolute Gasteiger partial charge is 0.404 e. The summed E-state index contributed by atoms with van der Waals surface area (Å²) in [4.78, 5) is 11.4. The summed E-state index contributed by atoms with van der Waals surface area (Å²) in [6.45, 7) is 1.58. The van der Waals surface area contributed by atoms with E-state index in [1.807, 2.05) is 0 Å². The number of halogens is 4. The lowest BCUT2D eigenvalue weighted by Gasteiger charge is -2.13. The summed E-state index contributed by atoms with van der Waals surface area (Å²) in [5, 5.41) is 0. The van der Waals surface area contributed by atoms with Gasteiger partial charge in [-0.25, -0.2) is 0 Å². The second-order valence-electron chi connectivity index (χ2n) is 2.94. The van der Waals surface area contributed by atoms with E-state index in [-0.39, 0.29) is 21.3 Å². The maximum atomic E-state index is 12.1. The van der Waals surface area contributed by atoms with Crippen LogP contribution >= 0.6 is 22.6 Å². The third-order valence-electron chi connectivity index (χ3n) is 1.81. The topological polar surface area (TPSA) is 26.3 Å². The molecule has 0 fully saturated rings. The molecule has 0 unspecified atom stereocenters. The van der Waals surface area contributed by atoms with Gasteiger partial charge in [0, 0.05) is 6.42 Å². The lowest BCUT2D eigenvalue weighted by atomic mass is 10.1. The van der Waals surface area contributed by atoms with E-state index in [1.165, 1.54) is 18.2 Å². The number of hydrogen-bond donors (Lipinski definition) is 0. The molecule has 0 bridgehead atoms. The lowest BCUT2D eigenvalue weighted by molar-refractivity contribution is -0.275. The van der Waals surface area contributed by atoms with Crippen molar-refractivity contribution in [1.82, 2.24) is 0 Å². The van der Waals surface area contributed by atoms with Crippen LogP contribution in [0.1, 0.15) is 23.7 Å².